The average molecular weight is 439 g/mol. The molecule has 0 unspecified atom stereocenters. The molecule has 29 heavy (non-hydrogen) atoms. The standard InChI is InChI=1S/C20H26N2O5S2/c1-15-4-8-19(9-5-15)28(23,24)21-12-18-13-22(17(3)14-27-18)29(25,26)20-10-6-16(2)7-11-20/h4-11,17-18,21H,12-14H2,1-3H3/t17-,18-/m0/s1. The van der Waals surface area contributed by atoms with E-state index >= 15 is 0 Å². The zero-order chi connectivity index (χ0) is 21.2. The lowest BCUT2D eigenvalue weighted by Crippen LogP contribution is -2.53. The van der Waals surface area contributed by atoms with E-state index in [1.807, 2.05) is 13.8 Å². The Labute approximate surface area is 172 Å². The molecule has 1 aliphatic heterocycles. The SMILES string of the molecule is Cc1ccc(S(=O)(=O)NC[C@H]2CN(S(=O)(=O)c3ccc(C)cc3)[C@@H](C)CO2)cc1. The highest BCUT2D eigenvalue weighted by molar-refractivity contribution is 7.89. The zero-order valence-electron chi connectivity index (χ0n) is 16.7. The first-order valence-corrected chi connectivity index (χ1v) is 12.3. The van der Waals surface area contributed by atoms with Crippen molar-refractivity contribution in [2.45, 2.75) is 42.7 Å². The molecule has 0 saturated carbocycles. The molecule has 1 N–H and O–H groups in total. The lowest BCUT2D eigenvalue weighted by molar-refractivity contribution is -0.0236. The molecule has 1 heterocycles. The lowest BCUT2D eigenvalue weighted by Gasteiger charge is -2.37. The molecule has 9 heteroatoms. The molecule has 0 bridgehead atoms. The van der Waals surface area contributed by atoms with Gasteiger partial charge in [-0.1, -0.05) is 35.4 Å². The summed E-state index contributed by atoms with van der Waals surface area (Å²) in [7, 11) is -7.39. The average Bonchev–Trinajstić information content (AvgIpc) is 2.68. The van der Waals surface area contributed by atoms with E-state index in [1.54, 1.807) is 43.3 Å². The second-order valence-electron chi connectivity index (χ2n) is 7.36. The van der Waals surface area contributed by atoms with E-state index in [9.17, 15) is 16.8 Å². The van der Waals surface area contributed by atoms with Crippen molar-refractivity contribution in [3.05, 3.63) is 59.7 Å². The summed E-state index contributed by atoms with van der Waals surface area (Å²) in [5.74, 6) is 0. The second-order valence-corrected chi connectivity index (χ2v) is 11.0. The Hall–Kier alpha value is -1.78. The number of ether oxygens (including phenoxy) is 1. The molecule has 1 saturated heterocycles. The third kappa shape index (κ3) is 5.04. The van der Waals surface area contributed by atoms with Crippen molar-refractivity contribution in [2.24, 2.45) is 0 Å². The molecule has 0 aliphatic carbocycles. The molecular formula is C20H26N2O5S2. The van der Waals surface area contributed by atoms with Gasteiger partial charge in [0.15, 0.2) is 0 Å². The summed E-state index contributed by atoms with van der Waals surface area (Å²) in [5.41, 5.74) is 1.94. The van der Waals surface area contributed by atoms with Crippen molar-refractivity contribution < 1.29 is 21.6 Å². The number of nitrogens with one attached hydrogen (secondary N) is 1. The molecule has 2 aromatic carbocycles. The van der Waals surface area contributed by atoms with E-state index in [2.05, 4.69) is 4.72 Å². The van der Waals surface area contributed by atoms with Crippen molar-refractivity contribution in [1.29, 1.82) is 0 Å². The molecule has 1 fully saturated rings. The molecule has 0 spiro atoms. The summed E-state index contributed by atoms with van der Waals surface area (Å²) in [6.45, 7) is 5.81. The monoisotopic (exact) mass is 438 g/mol. The smallest absolute Gasteiger partial charge is 0.243 e. The molecule has 0 radical (unpaired) electrons. The van der Waals surface area contributed by atoms with Crippen LogP contribution < -0.4 is 4.72 Å². The van der Waals surface area contributed by atoms with Crippen molar-refractivity contribution in [3.8, 4) is 0 Å². The fourth-order valence-corrected chi connectivity index (χ4v) is 5.81. The van der Waals surface area contributed by atoms with Crippen LogP contribution in [-0.4, -0.2) is 53.0 Å². The van der Waals surface area contributed by atoms with Crippen LogP contribution in [0.5, 0.6) is 0 Å². The fourth-order valence-electron chi connectivity index (χ4n) is 3.10. The Balaban J connectivity index is 1.71. The van der Waals surface area contributed by atoms with Gasteiger partial charge in [0.1, 0.15) is 0 Å². The van der Waals surface area contributed by atoms with E-state index < -0.39 is 26.2 Å². The van der Waals surface area contributed by atoms with Gasteiger partial charge in [0, 0.05) is 19.1 Å². The van der Waals surface area contributed by atoms with E-state index in [4.69, 9.17) is 4.74 Å². The van der Waals surface area contributed by atoms with E-state index in [-0.39, 0.29) is 35.5 Å². The Morgan fingerprint density at radius 1 is 0.931 bits per heavy atom. The first kappa shape index (κ1) is 21.9. The number of morpholine rings is 1. The number of nitrogens with zero attached hydrogens (tertiary/aromatic N) is 1. The maximum absolute atomic E-state index is 13.0. The van der Waals surface area contributed by atoms with Crippen LogP contribution in [0.15, 0.2) is 58.3 Å². The van der Waals surface area contributed by atoms with Gasteiger partial charge in [-0.25, -0.2) is 21.6 Å². The predicted octanol–water partition coefficient (Wildman–Crippen LogP) is 2.06. The number of aryl methyl sites for hydroxylation is 2. The first-order chi connectivity index (χ1) is 13.6. The van der Waals surface area contributed by atoms with Gasteiger partial charge in [0.2, 0.25) is 20.0 Å². The van der Waals surface area contributed by atoms with Crippen LogP contribution in [-0.2, 0) is 24.8 Å². The molecule has 2 atom stereocenters. The second kappa shape index (κ2) is 8.53. The number of hydrogen-bond donors (Lipinski definition) is 1. The summed E-state index contributed by atoms with van der Waals surface area (Å²) < 4.78 is 60.6. The first-order valence-electron chi connectivity index (χ1n) is 9.36. The van der Waals surface area contributed by atoms with Crippen LogP contribution in [0, 0.1) is 13.8 Å². The molecular weight excluding hydrogens is 412 g/mol. The summed E-state index contributed by atoms with van der Waals surface area (Å²) in [6.07, 6.45) is -0.577. The van der Waals surface area contributed by atoms with Gasteiger partial charge in [-0.05, 0) is 45.0 Å². The lowest BCUT2D eigenvalue weighted by atomic mass is 10.2. The minimum absolute atomic E-state index is 0.0111. The van der Waals surface area contributed by atoms with Gasteiger partial charge in [-0.3, -0.25) is 0 Å². The largest absolute Gasteiger partial charge is 0.374 e. The molecule has 7 nitrogen and oxygen atoms in total. The van der Waals surface area contributed by atoms with Crippen LogP contribution in [0.1, 0.15) is 18.1 Å². The van der Waals surface area contributed by atoms with Crippen LogP contribution in [0.4, 0.5) is 0 Å². The molecule has 2 aromatic rings. The number of rotatable bonds is 6. The van der Waals surface area contributed by atoms with Crippen molar-refractivity contribution in [2.75, 3.05) is 19.7 Å². The Kier molecular flexibility index (Phi) is 6.45. The summed E-state index contributed by atoms with van der Waals surface area (Å²) in [5, 5.41) is 0. The van der Waals surface area contributed by atoms with Crippen LogP contribution in [0.3, 0.4) is 0 Å². The molecule has 0 amide bonds. The number of sulfonamides is 2. The summed E-state index contributed by atoms with van der Waals surface area (Å²) >= 11 is 0. The maximum Gasteiger partial charge on any atom is 0.243 e. The predicted molar refractivity (Wildman–Crippen MR) is 111 cm³/mol. The Morgan fingerprint density at radius 2 is 1.45 bits per heavy atom. The van der Waals surface area contributed by atoms with Crippen LogP contribution >= 0.6 is 0 Å². The molecule has 0 aromatic heterocycles. The van der Waals surface area contributed by atoms with E-state index in [1.165, 1.54) is 16.4 Å². The highest BCUT2D eigenvalue weighted by Gasteiger charge is 2.36. The minimum Gasteiger partial charge on any atom is -0.374 e. The van der Waals surface area contributed by atoms with Crippen molar-refractivity contribution in [3.63, 3.8) is 0 Å². The maximum atomic E-state index is 13.0. The number of hydrogen-bond acceptors (Lipinski definition) is 5. The normalized spacial score (nSPS) is 21.2. The minimum atomic E-state index is -3.70. The Morgan fingerprint density at radius 3 is 2.00 bits per heavy atom. The van der Waals surface area contributed by atoms with Gasteiger partial charge >= 0.3 is 0 Å². The van der Waals surface area contributed by atoms with Crippen LogP contribution in [0.25, 0.3) is 0 Å². The van der Waals surface area contributed by atoms with Crippen molar-refractivity contribution >= 4 is 20.0 Å². The van der Waals surface area contributed by atoms with Gasteiger partial charge in [-0.15, -0.1) is 0 Å². The molecule has 158 valence electrons. The van der Waals surface area contributed by atoms with E-state index in [0.717, 1.165) is 11.1 Å². The van der Waals surface area contributed by atoms with Gasteiger partial charge < -0.3 is 4.74 Å². The third-order valence-electron chi connectivity index (χ3n) is 4.91. The van der Waals surface area contributed by atoms with Crippen molar-refractivity contribution in [1.82, 2.24) is 9.03 Å². The van der Waals surface area contributed by atoms with Gasteiger partial charge in [0.05, 0.1) is 22.5 Å². The van der Waals surface area contributed by atoms with Gasteiger partial charge in [-0.2, -0.15) is 4.31 Å². The summed E-state index contributed by atoms with van der Waals surface area (Å²) in [6, 6.07) is 12.9. The highest BCUT2D eigenvalue weighted by Crippen LogP contribution is 2.23. The molecule has 3 rings (SSSR count). The highest BCUT2D eigenvalue weighted by atomic mass is 32.2. The Bertz CT molecular complexity index is 1050. The quantitative estimate of drug-likeness (QED) is 0.745. The topological polar surface area (TPSA) is 92.8 Å². The van der Waals surface area contributed by atoms with Crippen LogP contribution in [0.2, 0.25) is 0 Å². The third-order valence-corrected chi connectivity index (χ3v) is 8.34. The number of benzene rings is 2. The summed E-state index contributed by atoms with van der Waals surface area (Å²) in [4.78, 5) is 0.382. The zero-order valence-corrected chi connectivity index (χ0v) is 18.3. The molecule has 1 aliphatic rings. The van der Waals surface area contributed by atoms with Gasteiger partial charge in [0.25, 0.3) is 0 Å². The van der Waals surface area contributed by atoms with E-state index in [0.29, 0.717) is 0 Å². The fraction of sp³-hybridized carbons (Fsp3) is 0.400.